The van der Waals surface area contributed by atoms with E-state index in [4.69, 9.17) is 4.74 Å². The van der Waals surface area contributed by atoms with Gasteiger partial charge >= 0.3 is 5.97 Å². The summed E-state index contributed by atoms with van der Waals surface area (Å²) in [5, 5.41) is 2.99. The highest BCUT2D eigenvalue weighted by Gasteiger charge is 2.62. The molecule has 0 saturated carbocycles. The summed E-state index contributed by atoms with van der Waals surface area (Å²) in [6.45, 7) is 0.861. The zero-order valence-corrected chi connectivity index (χ0v) is 12.0. The van der Waals surface area contributed by atoms with Gasteiger partial charge in [-0.05, 0) is 31.9 Å². The molecule has 0 aromatic heterocycles. The van der Waals surface area contributed by atoms with Crippen molar-refractivity contribution in [1.82, 2.24) is 4.90 Å². The summed E-state index contributed by atoms with van der Waals surface area (Å²) in [6.07, 6.45) is 2.50. The van der Waals surface area contributed by atoms with Crippen LogP contribution < -0.4 is 5.32 Å². The number of hydrogen-bond acceptors (Lipinski definition) is 4. The van der Waals surface area contributed by atoms with E-state index in [2.05, 4.69) is 10.2 Å². The molecule has 2 fully saturated rings. The van der Waals surface area contributed by atoms with Crippen LogP contribution in [0, 0.1) is 5.92 Å². The van der Waals surface area contributed by atoms with Crippen LogP contribution in [0.1, 0.15) is 24.8 Å². The topological polar surface area (TPSA) is 58.6 Å². The van der Waals surface area contributed by atoms with E-state index in [1.807, 2.05) is 24.3 Å². The maximum atomic E-state index is 12.7. The number of hydrogen-bond donors (Lipinski definition) is 1. The fourth-order valence-electron chi connectivity index (χ4n) is 4.44. The van der Waals surface area contributed by atoms with Crippen LogP contribution in [0.25, 0.3) is 0 Å². The van der Waals surface area contributed by atoms with Gasteiger partial charge in [0.2, 0.25) is 5.91 Å². The van der Waals surface area contributed by atoms with Gasteiger partial charge in [0.25, 0.3) is 0 Å². The predicted octanol–water partition coefficient (Wildman–Crippen LogP) is 1.49. The summed E-state index contributed by atoms with van der Waals surface area (Å²) >= 11 is 0. The number of carbonyl (C=O) groups excluding carboxylic acids is 2. The lowest BCUT2D eigenvalue weighted by Crippen LogP contribution is -2.47. The van der Waals surface area contributed by atoms with Gasteiger partial charge in [-0.25, -0.2) is 0 Å². The summed E-state index contributed by atoms with van der Waals surface area (Å²) in [5.74, 6) is -0.405. The molecule has 5 heteroatoms. The fraction of sp³-hybridized carbons (Fsp3) is 0.500. The minimum atomic E-state index is -0.684. The molecule has 0 unspecified atom stereocenters. The Kier molecular flexibility index (Phi) is 2.63. The molecule has 0 radical (unpaired) electrons. The normalized spacial score (nSPS) is 33.9. The molecule has 0 aliphatic carbocycles. The first kappa shape index (κ1) is 12.8. The maximum absolute atomic E-state index is 12.7. The van der Waals surface area contributed by atoms with Crippen LogP contribution >= 0.6 is 0 Å². The van der Waals surface area contributed by atoms with Crippen LogP contribution in [-0.2, 0) is 19.9 Å². The lowest BCUT2D eigenvalue weighted by Gasteiger charge is -2.32. The average molecular weight is 286 g/mol. The summed E-state index contributed by atoms with van der Waals surface area (Å²) < 4.78 is 4.97. The predicted molar refractivity (Wildman–Crippen MR) is 76.6 cm³/mol. The quantitative estimate of drug-likeness (QED) is 0.795. The number of ether oxygens (including phenoxy) is 1. The van der Waals surface area contributed by atoms with Crippen LogP contribution in [0.3, 0.4) is 0 Å². The Bertz CT molecular complexity index is 630. The molecule has 3 heterocycles. The van der Waals surface area contributed by atoms with Crippen molar-refractivity contribution in [3.05, 3.63) is 29.8 Å². The number of methoxy groups -OCH3 is 1. The van der Waals surface area contributed by atoms with Gasteiger partial charge < -0.3 is 10.1 Å². The number of carbonyl (C=O) groups is 2. The van der Waals surface area contributed by atoms with Crippen LogP contribution in [0.4, 0.5) is 5.69 Å². The number of amides is 1. The third-order valence-corrected chi connectivity index (χ3v) is 5.27. The molecular weight excluding hydrogens is 268 g/mol. The van der Waals surface area contributed by atoms with Gasteiger partial charge in [0.15, 0.2) is 0 Å². The second-order valence-electron chi connectivity index (χ2n) is 6.10. The smallest absolute Gasteiger partial charge is 0.310 e. The van der Waals surface area contributed by atoms with Crippen molar-refractivity contribution < 1.29 is 14.3 Å². The number of nitrogens with zero attached hydrogens (tertiary/aromatic N) is 1. The Morgan fingerprint density at radius 2 is 2.24 bits per heavy atom. The molecule has 2 saturated heterocycles. The Morgan fingerprint density at radius 1 is 1.43 bits per heavy atom. The van der Waals surface area contributed by atoms with Crippen molar-refractivity contribution in [1.29, 1.82) is 0 Å². The van der Waals surface area contributed by atoms with Gasteiger partial charge in [0, 0.05) is 17.3 Å². The van der Waals surface area contributed by atoms with Crippen molar-refractivity contribution in [3.8, 4) is 0 Å². The van der Waals surface area contributed by atoms with Gasteiger partial charge in [-0.1, -0.05) is 18.2 Å². The summed E-state index contributed by atoms with van der Waals surface area (Å²) in [4.78, 5) is 27.1. The van der Waals surface area contributed by atoms with Crippen molar-refractivity contribution in [2.24, 2.45) is 5.92 Å². The number of rotatable bonds is 1. The van der Waals surface area contributed by atoms with E-state index in [0.717, 1.165) is 30.6 Å². The molecule has 1 aromatic rings. The summed E-state index contributed by atoms with van der Waals surface area (Å²) in [5.41, 5.74) is 1.20. The van der Waals surface area contributed by atoms with Gasteiger partial charge in [0.05, 0.1) is 13.0 Å². The van der Waals surface area contributed by atoms with Crippen LogP contribution in [0.5, 0.6) is 0 Å². The molecule has 1 spiro atoms. The first-order valence-corrected chi connectivity index (χ1v) is 7.44. The van der Waals surface area contributed by atoms with E-state index in [9.17, 15) is 9.59 Å². The van der Waals surface area contributed by atoms with E-state index in [1.54, 1.807) is 0 Å². The second kappa shape index (κ2) is 4.31. The lowest BCUT2D eigenvalue weighted by molar-refractivity contribution is -0.146. The minimum Gasteiger partial charge on any atom is -0.469 e. The lowest BCUT2D eigenvalue weighted by atomic mass is 9.84. The fourth-order valence-corrected chi connectivity index (χ4v) is 4.44. The van der Waals surface area contributed by atoms with E-state index in [0.29, 0.717) is 6.42 Å². The van der Waals surface area contributed by atoms with Gasteiger partial charge in [0.1, 0.15) is 5.54 Å². The number of benzene rings is 1. The first-order valence-electron chi connectivity index (χ1n) is 7.44. The Labute approximate surface area is 123 Å². The summed E-state index contributed by atoms with van der Waals surface area (Å²) in [7, 11) is 1.43. The number of esters is 1. The maximum Gasteiger partial charge on any atom is 0.310 e. The molecule has 3 aliphatic heterocycles. The van der Waals surface area contributed by atoms with E-state index < -0.39 is 5.54 Å². The molecule has 4 rings (SSSR count). The third kappa shape index (κ3) is 1.50. The zero-order valence-electron chi connectivity index (χ0n) is 12.0. The Balaban J connectivity index is 1.84. The standard InChI is InChI=1S/C16H18N2O3/c1-21-14(19)10-9-16(18-8-4-7-13(10)18)11-5-2-3-6-12(11)17-15(16)20/h2-3,5-6,10,13H,4,7-9H2,1H3,(H,17,20)/t10-,13-,16-/m0/s1. The number of fused-ring (bicyclic) bond motifs is 4. The number of anilines is 1. The monoisotopic (exact) mass is 286 g/mol. The van der Waals surface area contributed by atoms with Crippen molar-refractivity contribution >= 4 is 17.6 Å². The first-order chi connectivity index (χ1) is 10.2. The largest absolute Gasteiger partial charge is 0.469 e. The molecule has 1 N–H and O–H groups in total. The third-order valence-electron chi connectivity index (χ3n) is 5.27. The molecule has 3 atom stereocenters. The van der Waals surface area contributed by atoms with E-state index in [1.165, 1.54) is 7.11 Å². The van der Waals surface area contributed by atoms with Gasteiger partial charge in [-0.3, -0.25) is 14.5 Å². The molecule has 110 valence electrons. The van der Waals surface area contributed by atoms with E-state index >= 15 is 0 Å². The molecule has 0 bridgehead atoms. The molecular formula is C16H18N2O3. The molecule has 1 aromatic carbocycles. The molecule has 3 aliphatic rings. The zero-order chi connectivity index (χ0) is 14.6. The number of para-hydroxylation sites is 1. The second-order valence-corrected chi connectivity index (χ2v) is 6.10. The average Bonchev–Trinajstić information content (AvgIpc) is 3.15. The molecule has 21 heavy (non-hydrogen) atoms. The van der Waals surface area contributed by atoms with E-state index in [-0.39, 0.29) is 23.8 Å². The van der Waals surface area contributed by atoms with Gasteiger partial charge in [-0.15, -0.1) is 0 Å². The van der Waals surface area contributed by atoms with Crippen molar-refractivity contribution in [3.63, 3.8) is 0 Å². The highest BCUT2D eigenvalue weighted by atomic mass is 16.5. The Morgan fingerprint density at radius 3 is 3.05 bits per heavy atom. The minimum absolute atomic E-state index is 0.00185. The SMILES string of the molecule is COC(=O)[C@H]1C[C@]2(C(=O)Nc3ccccc32)N2CCC[C@@H]12. The summed E-state index contributed by atoms with van der Waals surface area (Å²) in [6, 6.07) is 7.93. The van der Waals surface area contributed by atoms with Crippen LogP contribution in [0.2, 0.25) is 0 Å². The molecule has 1 amide bonds. The van der Waals surface area contributed by atoms with Crippen molar-refractivity contribution in [2.45, 2.75) is 30.8 Å². The van der Waals surface area contributed by atoms with Crippen LogP contribution in [0.15, 0.2) is 24.3 Å². The van der Waals surface area contributed by atoms with Crippen molar-refractivity contribution in [2.75, 3.05) is 19.0 Å². The Hall–Kier alpha value is -1.88. The highest BCUT2D eigenvalue weighted by Crippen LogP contribution is 2.54. The van der Waals surface area contributed by atoms with Gasteiger partial charge in [-0.2, -0.15) is 0 Å². The molecule has 5 nitrogen and oxygen atoms in total. The number of nitrogens with one attached hydrogen (secondary N) is 1. The van der Waals surface area contributed by atoms with Crippen LogP contribution in [-0.4, -0.2) is 36.5 Å². The highest BCUT2D eigenvalue weighted by molar-refractivity contribution is 6.06.